The molecule has 4 nitrogen and oxygen atoms in total. The Morgan fingerprint density at radius 3 is 2.81 bits per heavy atom. The monoisotopic (exact) mass is 216 g/mol. The summed E-state index contributed by atoms with van der Waals surface area (Å²) < 4.78 is 0. The van der Waals surface area contributed by atoms with E-state index < -0.39 is 0 Å². The van der Waals surface area contributed by atoms with Crippen LogP contribution in [0, 0.1) is 11.3 Å². The van der Waals surface area contributed by atoms with Gasteiger partial charge in [0.1, 0.15) is 11.8 Å². The summed E-state index contributed by atoms with van der Waals surface area (Å²) in [5, 5.41) is 8.68. The van der Waals surface area contributed by atoms with E-state index in [9.17, 15) is 0 Å². The Kier molecular flexibility index (Phi) is 3.07. The number of likely N-dealkylation sites (N-methyl/N-ethyl adjacent to an activating group) is 1. The Morgan fingerprint density at radius 1 is 1.50 bits per heavy atom. The highest BCUT2D eigenvalue weighted by Gasteiger charge is 2.24. The maximum absolute atomic E-state index is 8.68. The maximum Gasteiger partial charge on any atom is 0.140 e. The van der Waals surface area contributed by atoms with Crippen LogP contribution in [-0.4, -0.2) is 43.1 Å². The molecule has 0 amide bonds. The third kappa shape index (κ3) is 2.15. The Bertz CT molecular complexity index is 390. The van der Waals surface area contributed by atoms with Gasteiger partial charge in [-0.2, -0.15) is 5.26 Å². The van der Waals surface area contributed by atoms with Gasteiger partial charge < -0.3 is 9.80 Å². The van der Waals surface area contributed by atoms with Gasteiger partial charge in [0.05, 0.1) is 11.9 Å². The van der Waals surface area contributed by atoms with Gasteiger partial charge in [-0.1, -0.05) is 0 Å². The Balaban J connectivity index is 2.06. The van der Waals surface area contributed by atoms with Crippen LogP contribution in [0.1, 0.15) is 12.1 Å². The minimum Gasteiger partial charge on any atom is -0.369 e. The predicted octanol–water partition coefficient (Wildman–Crippen LogP) is 1.09. The van der Waals surface area contributed by atoms with Crippen molar-refractivity contribution in [3.63, 3.8) is 0 Å². The van der Waals surface area contributed by atoms with Gasteiger partial charge in [0.25, 0.3) is 0 Å². The van der Waals surface area contributed by atoms with Crippen LogP contribution >= 0.6 is 0 Å². The minimum atomic E-state index is 0.479. The number of aromatic nitrogens is 1. The molecule has 1 aliphatic heterocycles. The molecule has 0 aromatic carbocycles. The van der Waals surface area contributed by atoms with Crippen LogP contribution in [0.2, 0.25) is 0 Å². The average molecular weight is 216 g/mol. The van der Waals surface area contributed by atoms with E-state index >= 15 is 0 Å². The van der Waals surface area contributed by atoms with Crippen molar-refractivity contribution >= 4 is 5.69 Å². The van der Waals surface area contributed by atoms with Crippen molar-refractivity contribution in [2.45, 2.75) is 12.5 Å². The van der Waals surface area contributed by atoms with E-state index in [4.69, 9.17) is 5.26 Å². The van der Waals surface area contributed by atoms with Crippen molar-refractivity contribution in [2.24, 2.45) is 0 Å². The molecule has 1 atom stereocenters. The first-order valence-corrected chi connectivity index (χ1v) is 5.48. The molecule has 1 aliphatic rings. The summed E-state index contributed by atoms with van der Waals surface area (Å²) in [4.78, 5) is 8.67. The van der Waals surface area contributed by atoms with Crippen LogP contribution in [-0.2, 0) is 0 Å². The summed E-state index contributed by atoms with van der Waals surface area (Å²) in [6, 6.07) is 6.41. The molecule has 0 spiro atoms. The molecule has 0 bridgehead atoms. The highest BCUT2D eigenvalue weighted by atomic mass is 15.2. The fourth-order valence-electron chi connectivity index (χ4n) is 2.04. The molecule has 4 heteroatoms. The van der Waals surface area contributed by atoms with E-state index in [1.165, 1.54) is 6.42 Å². The van der Waals surface area contributed by atoms with Crippen molar-refractivity contribution < 1.29 is 0 Å². The zero-order valence-electron chi connectivity index (χ0n) is 9.72. The number of hydrogen-bond acceptors (Lipinski definition) is 4. The first-order valence-electron chi connectivity index (χ1n) is 5.48. The van der Waals surface area contributed by atoms with Gasteiger partial charge in [-0.05, 0) is 32.6 Å². The second-order valence-electron chi connectivity index (χ2n) is 4.37. The van der Waals surface area contributed by atoms with Gasteiger partial charge in [0.2, 0.25) is 0 Å². The van der Waals surface area contributed by atoms with Crippen molar-refractivity contribution in [2.75, 3.05) is 32.1 Å². The van der Waals surface area contributed by atoms with Gasteiger partial charge >= 0.3 is 0 Å². The second-order valence-corrected chi connectivity index (χ2v) is 4.37. The van der Waals surface area contributed by atoms with Crippen LogP contribution in [0.25, 0.3) is 0 Å². The molecule has 2 heterocycles. The van der Waals surface area contributed by atoms with E-state index in [0.717, 1.165) is 18.8 Å². The molecule has 16 heavy (non-hydrogen) atoms. The number of nitrogens with zero attached hydrogens (tertiary/aromatic N) is 4. The topological polar surface area (TPSA) is 43.2 Å². The fraction of sp³-hybridized carbons (Fsp3) is 0.500. The van der Waals surface area contributed by atoms with E-state index in [1.54, 1.807) is 12.3 Å². The van der Waals surface area contributed by atoms with E-state index in [2.05, 4.69) is 28.9 Å². The molecule has 1 aromatic rings. The van der Waals surface area contributed by atoms with Gasteiger partial charge in [-0.15, -0.1) is 0 Å². The summed E-state index contributed by atoms with van der Waals surface area (Å²) >= 11 is 0. The van der Waals surface area contributed by atoms with Crippen LogP contribution in [0.5, 0.6) is 0 Å². The van der Waals surface area contributed by atoms with Crippen LogP contribution in [0.15, 0.2) is 18.3 Å². The number of nitriles is 1. The molecule has 1 fully saturated rings. The number of anilines is 1. The van der Waals surface area contributed by atoms with Crippen molar-refractivity contribution in [3.8, 4) is 6.07 Å². The largest absolute Gasteiger partial charge is 0.369 e. The third-order valence-corrected chi connectivity index (χ3v) is 3.12. The second kappa shape index (κ2) is 4.50. The van der Waals surface area contributed by atoms with Gasteiger partial charge in [-0.25, -0.2) is 4.98 Å². The summed E-state index contributed by atoms with van der Waals surface area (Å²) in [6.07, 6.45) is 2.98. The molecule has 1 unspecified atom stereocenters. The van der Waals surface area contributed by atoms with Crippen molar-refractivity contribution in [1.29, 1.82) is 5.26 Å². The first kappa shape index (κ1) is 10.9. The summed E-state index contributed by atoms with van der Waals surface area (Å²) in [5.41, 5.74) is 1.59. The summed E-state index contributed by atoms with van der Waals surface area (Å²) in [5.74, 6) is 0. The molecule has 0 aliphatic carbocycles. The Labute approximate surface area is 96.1 Å². The Hall–Kier alpha value is -1.60. The average Bonchev–Trinajstić information content (AvgIpc) is 2.78. The summed E-state index contributed by atoms with van der Waals surface area (Å²) in [6.45, 7) is 2.11. The standard InChI is InChI=1S/C12H16N4/c1-15(2)12-5-6-16(9-12)11-4-3-10(7-13)14-8-11/h3-4,8,12H,5-6,9H2,1-2H3. The molecule has 0 radical (unpaired) electrons. The predicted molar refractivity (Wildman–Crippen MR) is 63.3 cm³/mol. The normalized spacial score (nSPS) is 20.1. The van der Waals surface area contributed by atoms with Crippen LogP contribution in [0.4, 0.5) is 5.69 Å². The van der Waals surface area contributed by atoms with E-state index in [1.807, 2.05) is 12.1 Å². The molecular formula is C12H16N4. The zero-order chi connectivity index (χ0) is 11.5. The number of pyridine rings is 1. The van der Waals surface area contributed by atoms with Gasteiger partial charge in [-0.3, -0.25) is 0 Å². The van der Waals surface area contributed by atoms with E-state index in [0.29, 0.717) is 11.7 Å². The lowest BCUT2D eigenvalue weighted by molar-refractivity contribution is 0.315. The number of rotatable bonds is 2. The van der Waals surface area contributed by atoms with Gasteiger partial charge in [0.15, 0.2) is 0 Å². The summed E-state index contributed by atoms with van der Waals surface area (Å²) in [7, 11) is 4.23. The number of hydrogen-bond donors (Lipinski definition) is 0. The fourth-order valence-corrected chi connectivity index (χ4v) is 2.04. The first-order chi connectivity index (χ1) is 7.70. The minimum absolute atomic E-state index is 0.479. The van der Waals surface area contributed by atoms with Crippen molar-refractivity contribution in [3.05, 3.63) is 24.0 Å². The molecule has 1 saturated heterocycles. The van der Waals surface area contributed by atoms with Crippen LogP contribution in [0.3, 0.4) is 0 Å². The Morgan fingerprint density at radius 2 is 2.31 bits per heavy atom. The van der Waals surface area contributed by atoms with Crippen LogP contribution < -0.4 is 4.90 Å². The maximum atomic E-state index is 8.68. The highest BCUT2D eigenvalue weighted by molar-refractivity contribution is 5.47. The lowest BCUT2D eigenvalue weighted by Gasteiger charge is -2.21. The zero-order valence-corrected chi connectivity index (χ0v) is 9.72. The molecule has 0 saturated carbocycles. The smallest absolute Gasteiger partial charge is 0.140 e. The lowest BCUT2D eigenvalue weighted by Crippen LogP contribution is -2.31. The van der Waals surface area contributed by atoms with Gasteiger partial charge in [0, 0.05) is 19.1 Å². The molecule has 1 aromatic heterocycles. The lowest BCUT2D eigenvalue weighted by atomic mass is 10.2. The molecule has 0 N–H and O–H groups in total. The highest BCUT2D eigenvalue weighted by Crippen LogP contribution is 2.21. The molecular weight excluding hydrogens is 200 g/mol. The SMILES string of the molecule is CN(C)C1CCN(c2ccc(C#N)nc2)C1. The van der Waals surface area contributed by atoms with E-state index in [-0.39, 0.29) is 0 Å². The molecule has 2 rings (SSSR count). The van der Waals surface area contributed by atoms with Crippen molar-refractivity contribution in [1.82, 2.24) is 9.88 Å². The molecule has 84 valence electrons. The third-order valence-electron chi connectivity index (χ3n) is 3.12. The quantitative estimate of drug-likeness (QED) is 0.742.